The van der Waals surface area contributed by atoms with E-state index in [0.717, 1.165) is 25.5 Å². The monoisotopic (exact) mass is 493 g/mol. The fraction of sp³-hybridized carbons (Fsp3) is 0.0833. The lowest BCUT2D eigenvalue weighted by atomic mass is 10.2. The number of halogens is 1. The average Bonchev–Trinajstić information content (AvgIpc) is 3.33. The molecular weight excluding hydrogens is 474 g/mol. The molecule has 0 spiro atoms. The lowest BCUT2D eigenvalue weighted by molar-refractivity contribution is -0.111. The highest BCUT2D eigenvalue weighted by molar-refractivity contribution is 9.10. The van der Waals surface area contributed by atoms with E-state index >= 15 is 0 Å². The second-order valence-corrected chi connectivity index (χ2v) is 9.00. The first-order chi connectivity index (χ1) is 14.9. The second-order valence-electron chi connectivity index (χ2n) is 6.97. The number of hydrogen-bond acceptors (Lipinski definition) is 3. The van der Waals surface area contributed by atoms with E-state index in [0.29, 0.717) is 5.69 Å². The number of carbonyl (C=O) groups excluding carboxylic acids is 1. The van der Waals surface area contributed by atoms with Crippen LogP contribution in [0.3, 0.4) is 0 Å². The lowest BCUT2D eigenvalue weighted by Crippen LogP contribution is -2.22. The topological polar surface area (TPSA) is 56.0 Å². The summed E-state index contributed by atoms with van der Waals surface area (Å²) in [5.41, 5.74) is 2.57. The molecule has 7 heteroatoms. The quantitative estimate of drug-likeness (QED) is 0.366. The number of carbonyl (C=O) groups is 1. The number of hydrogen-bond donors (Lipinski definition) is 1. The predicted molar refractivity (Wildman–Crippen MR) is 131 cm³/mol. The Morgan fingerprint density at radius 1 is 1.03 bits per heavy atom. The molecule has 2 heterocycles. The van der Waals surface area contributed by atoms with Gasteiger partial charge in [-0.05, 0) is 55.0 Å². The number of anilines is 1. The van der Waals surface area contributed by atoms with Crippen molar-refractivity contribution >= 4 is 44.9 Å². The van der Waals surface area contributed by atoms with Crippen molar-refractivity contribution in [1.29, 1.82) is 0 Å². The number of nitrogens with one attached hydrogen (secondary N) is 1. The van der Waals surface area contributed by atoms with Crippen LogP contribution in [0.1, 0.15) is 10.6 Å². The molecule has 0 bridgehead atoms. The molecule has 2 aromatic carbocycles. The minimum atomic E-state index is -0.343. The molecule has 0 saturated carbocycles. The summed E-state index contributed by atoms with van der Waals surface area (Å²) < 4.78 is 4.31. The Kier molecular flexibility index (Phi) is 6.06. The minimum Gasteiger partial charge on any atom is -0.316 e. The first-order valence-corrected chi connectivity index (χ1v) is 11.2. The van der Waals surface area contributed by atoms with Gasteiger partial charge in [-0.25, -0.2) is 4.68 Å². The van der Waals surface area contributed by atoms with Gasteiger partial charge in [0.05, 0.1) is 11.4 Å². The van der Waals surface area contributed by atoms with Gasteiger partial charge >= 0.3 is 0 Å². The van der Waals surface area contributed by atoms with Crippen LogP contribution in [0.2, 0.25) is 0 Å². The zero-order chi connectivity index (χ0) is 22.0. The molecular formula is C24H20BrN3O2S. The average molecular weight is 494 g/mol. The Bertz CT molecular complexity index is 1320. The number of rotatable bonds is 5. The summed E-state index contributed by atoms with van der Waals surface area (Å²) in [5.74, 6) is -0.343. The molecule has 1 amide bonds. The fourth-order valence-electron chi connectivity index (χ4n) is 3.25. The lowest BCUT2D eigenvalue weighted by Gasteiger charge is -2.07. The van der Waals surface area contributed by atoms with Crippen LogP contribution in [0.15, 0.2) is 82.1 Å². The SMILES string of the molecule is Cc1c(NC(=O)/C=C/c2ccc(-c3ccc(Br)cc3)s2)c(=O)n(-c2ccccc2)n1C. The van der Waals surface area contributed by atoms with Crippen LogP contribution < -0.4 is 10.9 Å². The number of aromatic nitrogens is 2. The van der Waals surface area contributed by atoms with Crippen LogP contribution in [0, 0.1) is 6.92 Å². The normalized spacial score (nSPS) is 11.2. The highest BCUT2D eigenvalue weighted by Crippen LogP contribution is 2.29. The Hall–Kier alpha value is -3.16. The highest BCUT2D eigenvalue weighted by Gasteiger charge is 2.17. The van der Waals surface area contributed by atoms with Crippen molar-refractivity contribution in [1.82, 2.24) is 9.36 Å². The fourth-order valence-corrected chi connectivity index (χ4v) is 4.43. The van der Waals surface area contributed by atoms with E-state index in [1.54, 1.807) is 33.8 Å². The first kappa shape index (κ1) is 21.1. The van der Waals surface area contributed by atoms with Crippen molar-refractivity contribution in [2.75, 3.05) is 5.32 Å². The maximum Gasteiger partial charge on any atom is 0.295 e. The van der Waals surface area contributed by atoms with E-state index in [4.69, 9.17) is 0 Å². The van der Waals surface area contributed by atoms with E-state index in [1.165, 1.54) is 6.08 Å². The van der Waals surface area contributed by atoms with Gasteiger partial charge in [0.2, 0.25) is 5.91 Å². The Morgan fingerprint density at radius 3 is 2.45 bits per heavy atom. The van der Waals surface area contributed by atoms with Crippen molar-refractivity contribution in [2.45, 2.75) is 6.92 Å². The van der Waals surface area contributed by atoms with Crippen molar-refractivity contribution < 1.29 is 4.79 Å². The second kappa shape index (κ2) is 8.91. The van der Waals surface area contributed by atoms with E-state index in [-0.39, 0.29) is 17.2 Å². The van der Waals surface area contributed by atoms with Crippen molar-refractivity contribution in [2.24, 2.45) is 7.05 Å². The van der Waals surface area contributed by atoms with Crippen molar-refractivity contribution in [3.63, 3.8) is 0 Å². The zero-order valence-electron chi connectivity index (χ0n) is 17.0. The number of amides is 1. The predicted octanol–water partition coefficient (Wildman–Crippen LogP) is 5.63. The molecule has 0 atom stereocenters. The largest absolute Gasteiger partial charge is 0.316 e. The van der Waals surface area contributed by atoms with Gasteiger partial charge < -0.3 is 5.32 Å². The summed E-state index contributed by atoms with van der Waals surface area (Å²) in [4.78, 5) is 27.5. The van der Waals surface area contributed by atoms with Crippen LogP contribution in [-0.4, -0.2) is 15.3 Å². The van der Waals surface area contributed by atoms with E-state index in [1.807, 2.05) is 73.7 Å². The van der Waals surface area contributed by atoms with Gasteiger partial charge in [0.15, 0.2) is 0 Å². The van der Waals surface area contributed by atoms with E-state index in [9.17, 15) is 9.59 Å². The smallest absolute Gasteiger partial charge is 0.295 e. The van der Waals surface area contributed by atoms with Gasteiger partial charge in [-0.2, -0.15) is 0 Å². The Labute approximate surface area is 192 Å². The molecule has 0 aliphatic heterocycles. The summed E-state index contributed by atoms with van der Waals surface area (Å²) in [6.07, 6.45) is 3.21. The maximum absolute atomic E-state index is 12.9. The summed E-state index contributed by atoms with van der Waals surface area (Å²) >= 11 is 5.04. The summed E-state index contributed by atoms with van der Waals surface area (Å²) in [5, 5.41) is 2.74. The molecule has 5 nitrogen and oxygen atoms in total. The van der Waals surface area contributed by atoms with Gasteiger partial charge in [0.25, 0.3) is 5.56 Å². The molecule has 1 N–H and O–H groups in total. The minimum absolute atomic E-state index is 0.262. The molecule has 4 aromatic rings. The number of para-hydroxylation sites is 1. The summed E-state index contributed by atoms with van der Waals surface area (Å²) in [6.45, 7) is 1.81. The summed E-state index contributed by atoms with van der Waals surface area (Å²) in [6, 6.07) is 21.4. The van der Waals surface area contributed by atoms with Gasteiger partial charge in [-0.1, -0.05) is 46.3 Å². The molecule has 0 radical (unpaired) electrons. The third-order valence-electron chi connectivity index (χ3n) is 4.96. The molecule has 0 fully saturated rings. The molecule has 4 rings (SSSR count). The molecule has 0 saturated heterocycles. The Morgan fingerprint density at radius 2 is 1.74 bits per heavy atom. The number of nitrogens with zero attached hydrogens (tertiary/aromatic N) is 2. The highest BCUT2D eigenvalue weighted by atomic mass is 79.9. The molecule has 31 heavy (non-hydrogen) atoms. The molecule has 2 aromatic heterocycles. The van der Waals surface area contributed by atoms with E-state index in [2.05, 4.69) is 21.2 Å². The third kappa shape index (κ3) is 4.47. The van der Waals surface area contributed by atoms with Gasteiger partial charge in [0, 0.05) is 27.4 Å². The van der Waals surface area contributed by atoms with Crippen LogP contribution in [-0.2, 0) is 11.8 Å². The molecule has 156 valence electrons. The van der Waals surface area contributed by atoms with Crippen molar-refractivity contribution in [3.05, 3.63) is 98.2 Å². The molecule has 0 aliphatic rings. The molecule has 0 unspecified atom stereocenters. The maximum atomic E-state index is 12.9. The van der Waals surface area contributed by atoms with Crippen LogP contribution in [0.5, 0.6) is 0 Å². The van der Waals surface area contributed by atoms with Crippen LogP contribution >= 0.6 is 27.3 Å². The summed E-state index contributed by atoms with van der Waals surface area (Å²) in [7, 11) is 1.80. The van der Waals surface area contributed by atoms with Crippen LogP contribution in [0.25, 0.3) is 22.2 Å². The van der Waals surface area contributed by atoms with Crippen molar-refractivity contribution in [3.8, 4) is 16.1 Å². The van der Waals surface area contributed by atoms with E-state index < -0.39 is 0 Å². The number of thiophene rings is 1. The first-order valence-electron chi connectivity index (χ1n) is 9.63. The van der Waals surface area contributed by atoms with Gasteiger partial charge in [-0.3, -0.25) is 14.3 Å². The molecule has 0 aliphatic carbocycles. The van der Waals surface area contributed by atoms with Gasteiger partial charge in [-0.15, -0.1) is 11.3 Å². The zero-order valence-corrected chi connectivity index (χ0v) is 19.4. The number of benzene rings is 2. The van der Waals surface area contributed by atoms with Gasteiger partial charge in [0.1, 0.15) is 5.69 Å². The standard InChI is InChI=1S/C24H20BrN3O2S/c1-16-23(24(30)28(27(16)2)19-6-4-3-5-7-19)26-22(29)15-13-20-12-14-21(31-20)17-8-10-18(25)11-9-17/h3-15H,1-2H3,(H,26,29)/b15-13+. The Balaban J connectivity index is 1.51. The third-order valence-corrected chi connectivity index (χ3v) is 6.59. The van der Waals surface area contributed by atoms with Crippen LogP contribution in [0.4, 0.5) is 5.69 Å².